The maximum absolute atomic E-state index is 12.3. The molecule has 0 saturated carbocycles. The molecule has 2 heterocycles. The molecule has 0 spiro atoms. The summed E-state index contributed by atoms with van der Waals surface area (Å²) in [6, 6.07) is 8.15. The molecule has 0 unspecified atom stereocenters. The van der Waals surface area contributed by atoms with Gasteiger partial charge in [-0.15, -0.1) is 0 Å². The van der Waals surface area contributed by atoms with Gasteiger partial charge in [0.1, 0.15) is 5.82 Å². The van der Waals surface area contributed by atoms with Gasteiger partial charge in [0.15, 0.2) is 0 Å². The van der Waals surface area contributed by atoms with Crippen LogP contribution >= 0.6 is 0 Å². The van der Waals surface area contributed by atoms with Gasteiger partial charge in [-0.2, -0.15) is 5.26 Å². The Hall–Kier alpha value is -1.65. The predicted octanol–water partition coefficient (Wildman–Crippen LogP) is 2.29. The van der Waals surface area contributed by atoms with Crippen LogP contribution in [0.3, 0.4) is 0 Å². The number of piperidine rings is 1. The van der Waals surface area contributed by atoms with E-state index in [0.717, 1.165) is 24.4 Å². The van der Waals surface area contributed by atoms with Crippen molar-refractivity contribution in [2.24, 2.45) is 0 Å². The molecular weight excluding hydrogens is 312 g/mol. The van der Waals surface area contributed by atoms with Crippen LogP contribution in [0, 0.1) is 18.3 Å². The minimum absolute atomic E-state index is 0.145. The second kappa shape index (κ2) is 8.27. The summed E-state index contributed by atoms with van der Waals surface area (Å²) in [5.41, 5.74) is 0.965. The fraction of sp³-hybridized carbons (Fsp3) is 0.625. The van der Waals surface area contributed by atoms with Crippen molar-refractivity contribution in [1.29, 1.82) is 5.26 Å². The zero-order valence-electron chi connectivity index (χ0n) is 13.5. The monoisotopic (exact) mass is 336 g/mol. The van der Waals surface area contributed by atoms with Crippen LogP contribution in [0.15, 0.2) is 18.2 Å². The van der Waals surface area contributed by atoms with Crippen LogP contribution in [0.2, 0.25) is 0 Å². The number of aryl methyl sites for hydroxylation is 1. The summed E-state index contributed by atoms with van der Waals surface area (Å²) in [4.78, 5) is 4.42. The average molecular weight is 336 g/mol. The molecule has 1 aromatic rings. The van der Waals surface area contributed by atoms with E-state index in [2.05, 4.69) is 10.3 Å². The van der Waals surface area contributed by atoms with E-state index in [0.29, 0.717) is 32.4 Å². The van der Waals surface area contributed by atoms with Crippen molar-refractivity contribution in [3.05, 3.63) is 23.9 Å². The van der Waals surface area contributed by atoms with E-state index in [1.807, 2.05) is 31.2 Å². The van der Waals surface area contributed by atoms with E-state index in [9.17, 15) is 8.42 Å². The molecule has 1 N–H and O–H groups in total. The van der Waals surface area contributed by atoms with Gasteiger partial charge in [0.05, 0.1) is 11.8 Å². The maximum atomic E-state index is 12.3. The largest absolute Gasteiger partial charge is 0.367 e. The summed E-state index contributed by atoms with van der Waals surface area (Å²) in [6.45, 7) is 3.04. The van der Waals surface area contributed by atoms with Crippen LogP contribution in [-0.4, -0.2) is 42.6 Å². The Bertz CT molecular complexity index is 646. The summed E-state index contributed by atoms with van der Waals surface area (Å²) >= 11 is 0. The molecule has 0 amide bonds. The Morgan fingerprint density at radius 1 is 1.35 bits per heavy atom. The van der Waals surface area contributed by atoms with Crippen molar-refractivity contribution in [2.45, 2.75) is 45.1 Å². The molecule has 0 bridgehead atoms. The Labute approximate surface area is 138 Å². The Morgan fingerprint density at radius 2 is 2.09 bits per heavy atom. The van der Waals surface area contributed by atoms with Gasteiger partial charge in [0, 0.05) is 31.2 Å². The van der Waals surface area contributed by atoms with Crippen molar-refractivity contribution in [1.82, 2.24) is 9.29 Å². The lowest BCUT2D eigenvalue weighted by atomic mass is 10.1. The SMILES string of the molecule is Cc1cccc(NC2CCN(S(=O)(=O)CCCCC#N)CC2)n1. The zero-order chi connectivity index (χ0) is 16.7. The molecule has 1 aliphatic rings. The minimum atomic E-state index is -3.19. The Balaban J connectivity index is 1.80. The van der Waals surface area contributed by atoms with E-state index >= 15 is 0 Å². The molecule has 7 heteroatoms. The van der Waals surface area contributed by atoms with Crippen LogP contribution in [-0.2, 0) is 10.0 Å². The van der Waals surface area contributed by atoms with Gasteiger partial charge in [-0.25, -0.2) is 17.7 Å². The van der Waals surface area contributed by atoms with E-state index in [-0.39, 0.29) is 11.8 Å². The first-order valence-corrected chi connectivity index (χ1v) is 9.67. The number of unbranched alkanes of at least 4 members (excludes halogenated alkanes) is 2. The number of nitrogens with one attached hydrogen (secondary N) is 1. The van der Waals surface area contributed by atoms with Crippen molar-refractivity contribution in [3.8, 4) is 6.07 Å². The van der Waals surface area contributed by atoms with Gasteiger partial charge in [-0.05, 0) is 44.7 Å². The number of anilines is 1. The third-order valence-electron chi connectivity index (χ3n) is 4.03. The fourth-order valence-corrected chi connectivity index (χ4v) is 4.32. The molecule has 1 aromatic heterocycles. The number of nitriles is 1. The Kier molecular flexibility index (Phi) is 6.37. The highest BCUT2D eigenvalue weighted by molar-refractivity contribution is 7.89. The standard InChI is InChI=1S/C16H24N4O2S/c1-14-6-5-7-16(18-14)19-15-8-11-20(12-9-15)23(21,22)13-4-2-3-10-17/h5-7,15H,2-4,8-9,11-13H2,1H3,(H,18,19). The number of sulfonamides is 1. The quantitative estimate of drug-likeness (QED) is 0.772. The number of hydrogen-bond acceptors (Lipinski definition) is 5. The summed E-state index contributed by atoms with van der Waals surface area (Å²) < 4.78 is 26.1. The van der Waals surface area contributed by atoms with Crippen LogP contribution in [0.4, 0.5) is 5.82 Å². The first-order valence-electron chi connectivity index (χ1n) is 8.06. The highest BCUT2D eigenvalue weighted by atomic mass is 32.2. The van der Waals surface area contributed by atoms with Crippen LogP contribution in [0.5, 0.6) is 0 Å². The molecule has 1 aliphatic heterocycles. The van der Waals surface area contributed by atoms with Crippen molar-refractivity contribution < 1.29 is 8.42 Å². The van der Waals surface area contributed by atoms with Crippen molar-refractivity contribution in [2.75, 3.05) is 24.2 Å². The molecule has 0 aliphatic carbocycles. The van der Waals surface area contributed by atoms with Gasteiger partial charge in [-0.3, -0.25) is 0 Å². The number of pyridine rings is 1. The summed E-state index contributed by atoms with van der Waals surface area (Å²) in [7, 11) is -3.19. The third kappa shape index (κ3) is 5.48. The second-order valence-electron chi connectivity index (χ2n) is 5.91. The number of aromatic nitrogens is 1. The van der Waals surface area contributed by atoms with E-state index in [1.165, 1.54) is 0 Å². The molecule has 23 heavy (non-hydrogen) atoms. The normalized spacial score (nSPS) is 16.9. The van der Waals surface area contributed by atoms with Gasteiger partial charge < -0.3 is 5.32 Å². The van der Waals surface area contributed by atoms with Crippen molar-refractivity contribution in [3.63, 3.8) is 0 Å². The number of rotatable bonds is 7. The molecule has 1 saturated heterocycles. The van der Waals surface area contributed by atoms with Crippen LogP contribution < -0.4 is 5.32 Å². The van der Waals surface area contributed by atoms with Crippen molar-refractivity contribution >= 4 is 15.8 Å². The van der Waals surface area contributed by atoms with Gasteiger partial charge >= 0.3 is 0 Å². The fourth-order valence-electron chi connectivity index (χ4n) is 2.73. The first-order chi connectivity index (χ1) is 11.0. The van der Waals surface area contributed by atoms with Gasteiger partial charge in [0.2, 0.25) is 10.0 Å². The predicted molar refractivity (Wildman–Crippen MR) is 90.4 cm³/mol. The lowest BCUT2D eigenvalue weighted by Crippen LogP contribution is -2.43. The lowest BCUT2D eigenvalue weighted by molar-refractivity contribution is 0.329. The highest BCUT2D eigenvalue weighted by Gasteiger charge is 2.27. The summed E-state index contributed by atoms with van der Waals surface area (Å²) in [5, 5.41) is 11.9. The van der Waals surface area contributed by atoms with Gasteiger partial charge in [-0.1, -0.05) is 6.07 Å². The molecule has 0 radical (unpaired) electrons. The van der Waals surface area contributed by atoms with E-state index in [1.54, 1.807) is 4.31 Å². The molecule has 6 nitrogen and oxygen atoms in total. The van der Waals surface area contributed by atoms with Gasteiger partial charge in [0.25, 0.3) is 0 Å². The Morgan fingerprint density at radius 3 is 2.74 bits per heavy atom. The minimum Gasteiger partial charge on any atom is -0.367 e. The zero-order valence-corrected chi connectivity index (χ0v) is 14.3. The molecule has 0 aromatic carbocycles. The second-order valence-corrected chi connectivity index (χ2v) is 8.00. The summed E-state index contributed by atoms with van der Waals surface area (Å²) in [6.07, 6.45) is 3.19. The topological polar surface area (TPSA) is 86.1 Å². The summed E-state index contributed by atoms with van der Waals surface area (Å²) in [5.74, 6) is 0.995. The first kappa shape index (κ1) is 17.7. The average Bonchev–Trinajstić information content (AvgIpc) is 2.52. The van der Waals surface area contributed by atoms with Crippen LogP contribution in [0.25, 0.3) is 0 Å². The van der Waals surface area contributed by atoms with E-state index < -0.39 is 10.0 Å². The number of hydrogen-bond donors (Lipinski definition) is 1. The third-order valence-corrected chi connectivity index (χ3v) is 5.99. The molecule has 2 rings (SSSR count). The highest BCUT2D eigenvalue weighted by Crippen LogP contribution is 2.18. The molecule has 0 atom stereocenters. The molecule has 126 valence electrons. The number of nitrogens with zero attached hydrogens (tertiary/aromatic N) is 3. The molecular formula is C16H24N4O2S. The lowest BCUT2D eigenvalue weighted by Gasteiger charge is -2.32. The smallest absolute Gasteiger partial charge is 0.214 e. The van der Waals surface area contributed by atoms with Crippen LogP contribution in [0.1, 0.15) is 37.8 Å². The maximum Gasteiger partial charge on any atom is 0.214 e. The van der Waals surface area contributed by atoms with E-state index in [4.69, 9.17) is 5.26 Å². The molecule has 1 fully saturated rings.